The van der Waals surface area contributed by atoms with E-state index in [1.54, 1.807) is 13.4 Å². The first-order chi connectivity index (χ1) is 14.2. The number of benzene rings is 2. The van der Waals surface area contributed by atoms with Gasteiger partial charge in [-0.2, -0.15) is 0 Å². The number of nitrogens with one attached hydrogen (secondary N) is 1. The molecule has 1 aliphatic heterocycles. The number of hydrogen-bond acceptors (Lipinski definition) is 5. The van der Waals surface area contributed by atoms with Gasteiger partial charge in [-0.25, -0.2) is 9.97 Å². The van der Waals surface area contributed by atoms with Crippen LogP contribution in [-0.2, 0) is 12.8 Å². The average molecular weight is 389 g/mol. The molecule has 2 heterocycles. The van der Waals surface area contributed by atoms with Gasteiger partial charge in [-0.15, -0.1) is 0 Å². The van der Waals surface area contributed by atoms with Crippen molar-refractivity contribution in [2.75, 3.05) is 38.2 Å². The molecule has 5 nitrogen and oxygen atoms in total. The summed E-state index contributed by atoms with van der Waals surface area (Å²) in [4.78, 5) is 11.8. The molecule has 0 radical (unpaired) electrons. The lowest BCUT2D eigenvalue weighted by Gasteiger charge is -2.35. The van der Waals surface area contributed by atoms with Crippen LogP contribution in [0.25, 0.3) is 10.8 Å². The molecule has 0 spiro atoms. The molecule has 1 N–H and O–H groups in total. The first-order valence-electron chi connectivity index (χ1n) is 10.6. The third-order valence-corrected chi connectivity index (χ3v) is 6.56. The number of nitrogens with zero attached hydrogens (tertiary/aromatic N) is 3. The molecular weight excluding hydrogens is 360 g/mol. The maximum Gasteiger partial charge on any atom is 0.135 e. The molecule has 5 heteroatoms. The van der Waals surface area contributed by atoms with Gasteiger partial charge in [0, 0.05) is 37.4 Å². The fourth-order valence-corrected chi connectivity index (χ4v) is 5.00. The van der Waals surface area contributed by atoms with Crippen LogP contribution in [0.2, 0.25) is 0 Å². The number of aromatic nitrogens is 2. The standard InChI is InChI=1S/C24H28N4O/c1-16-11-22-23(26-15-27-24(22)28-9-7-25-8-10-28)14-20(16)21-13-18(29-2)12-17-5-3-4-6-19(17)21/h3-6,12-13,15-16,20,25H,7-11,14H2,1-2H3. The van der Waals surface area contributed by atoms with E-state index in [-0.39, 0.29) is 0 Å². The van der Waals surface area contributed by atoms with Gasteiger partial charge in [-0.3, -0.25) is 0 Å². The van der Waals surface area contributed by atoms with E-state index in [1.165, 1.54) is 27.6 Å². The van der Waals surface area contributed by atoms with E-state index in [0.29, 0.717) is 11.8 Å². The first-order valence-corrected chi connectivity index (χ1v) is 10.6. The quantitative estimate of drug-likeness (QED) is 0.743. The Bertz CT molecular complexity index is 1030. The van der Waals surface area contributed by atoms with Gasteiger partial charge in [0.15, 0.2) is 0 Å². The number of fused-ring (bicyclic) bond motifs is 2. The van der Waals surface area contributed by atoms with Crippen LogP contribution in [0.15, 0.2) is 42.7 Å². The lowest BCUT2D eigenvalue weighted by molar-refractivity contribution is 0.405. The molecule has 29 heavy (non-hydrogen) atoms. The molecule has 2 aliphatic rings. The van der Waals surface area contributed by atoms with E-state index < -0.39 is 0 Å². The zero-order valence-electron chi connectivity index (χ0n) is 17.2. The minimum atomic E-state index is 0.424. The Labute approximate surface area is 172 Å². The summed E-state index contributed by atoms with van der Waals surface area (Å²) in [6.07, 6.45) is 3.73. The van der Waals surface area contributed by atoms with Crippen molar-refractivity contribution >= 4 is 16.6 Å². The van der Waals surface area contributed by atoms with Crippen molar-refractivity contribution in [3.05, 3.63) is 59.5 Å². The highest BCUT2D eigenvalue weighted by molar-refractivity contribution is 5.87. The minimum Gasteiger partial charge on any atom is -0.497 e. The van der Waals surface area contributed by atoms with Crippen LogP contribution in [-0.4, -0.2) is 43.3 Å². The summed E-state index contributed by atoms with van der Waals surface area (Å²) in [6, 6.07) is 13.0. The monoisotopic (exact) mass is 388 g/mol. The van der Waals surface area contributed by atoms with Gasteiger partial charge in [-0.05, 0) is 53.1 Å². The molecule has 2 atom stereocenters. The Hall–Kier alpha value is -2.66. The van der Waals surface area contributed by atoms with Crippen LogP contribution in [0, 0.1) is 5.92 Å². The summed E-state index contributed by atoms with van der Waals surface area (Å²) in [6.45, 7) is 6.44. The predicted molar refractivity (Wildman–Crippen MR) is 117 cm³/mol. The van der Waals surface area contributed by atoms with Crippen LogP contribution in [0.3, 0.4) is 0 Å². The molecule has 5 rings (SSSR count). The van der Waals surface area contributed by atoms with Crippen molar-refractivity contribution in [1.29, 1.82) is 0 Å². The van der Waals surface area contributed by atoms with E-state index in [0.717, 1.165) is 50.6 Å². The van der Waals surface area contributed by atoms with Crippen molar-refractivity contribution in [3.63, 3.8) is 0 Å². The topological polar surface area (TPSA) is 50.3 Å². The Balaban J connectivity index is 1.55. The number of rotatable bonds is 3. The normalized spacial score (nSPS) is 21.8. The Kier molecular flexibility index (Phi) is 4.84. The number of methoxy groups -OCH3 is 1. The Morgan fingerprint density at radius 3 is 2.72 bits per heavy atom. The second kappa shape index (κ2) is 7.64. The molecule has 3 aromatic rings. The summed E-state index contributed by atoms with van der Waals surface area (Å²) in [5, 5.41) is 6.00. The molecule has 150 valence electrons. The molecule has 1 aromatic heterocycles. The van der Waals surface area contributed by atoms with Crippen molar-refractivity contribution in [1.82, 2.24) is 15.3 Å². The lowest BCUT2D eigenvalue weighted by atomic mass is 9.74. The maximum absolute atomic E-state index is 5.62. The molecular formula is C24H28N4O. The number of ether oxygens (including phenoxy) is 1. The van der Waals surface area contributed by atoms with Gasteiger partial charge in [0.2, 0.25) is 0 Å². The van der Waals surface area contributed by atoms with Crippen LogP contribution in [0.4, 0.5) is 5.82 Å². The second-order valence-electron chi connectivity index (χ2n) is 8.29. The van der Waals surface area contributed by atoms with Crippen molar-refractivity contribution < 1.29 is 4.74 Å². The van der Waals surface area contributed by atoms with Crippen LogP contribution < -0.4 is 15.0 Å². The molecule has 1 aliphatic carbocycles. The number of hydrogen-bond donors (Lipinski definition) is 1. The van der Waals surface area contributed by atoms with Crippen LogP contribution >= 0.6 is 0 Å². The SMILES string of the molecule is COc1cc(C2Cc3ncnc(N4CCNCC4)c3CC2C)c2ccccc2c1. The fraction of sp³-hybridized carbons (Fsp3) is 0.417. The lowest BCUT2D eigenvalue weighted by Crippen LogP contribution is -2.44. The van der Waals surface area contributed by atoms with E-state index in [1.807, 2.05) is 0 Å². The molecule has 0 bridgehead atoms. The minimum absolute atomic E-state index is 0.424. The summed E-state index contributed by atoms with van der Waals surface area (Å²) in [5.41, 5.74) is 3.94. The molecule has 0 amide bonds. The Morgan fingerprint density at radius 2 is 1.90 bits per heavy atom. The Morgan fingerprint density at radius 1 is 1.07 bits per heavy atom. The summed E-state index contributed by atoms with van der Waals surface area (Å²) in [7, 11) is 1.75. The molecule has 1 fully saturated rings. The maximum atomic E-state index is 5.62. The van der Waals surface area contributed by atoms with Gasteiger partial charge < -0.3 is 15.0 Å². The van der Waals surface area contributed by atoms with Crippen molar-refractivity contribution in [2.24, 2.45) is 5.92 Å². The molecule has 2 unspecified atom stereocenters. The van der Waals surface area contributed by atoms with E-state index >= 15 is 0 Å². The molecule has 1 saturated heterocycles. The van der Waals surface area contributed by atoms with Gasteiger partial charge in [-0.1, -0.05) is 31.2 Å². The highest BCUT2D eigenvalue weighted by Crippen LogP contribution is 2.42. The summed E-state index contributed by atoms with van der Waals surface area (Å²) < 4.78 is 5.62. The van der Waals surface area contributed by atoms with Gasteiger partial charge >= 0.3 is 0 Å². The molecule has 2 aromatic carbocycles. The fourth-order valence-electron chi connectivity index (χ4n) is 5.00. The average Bonchev–Trinajstić information content (AvgIpc) is 2.78. The predicted octanol–water partition coefficient (Wildman–Crippen LogP) is 3.57. The summed E-state index contributed by atoms with van der Waals surface area (Å²) in [5.74, 6) is 3.03. The van der Waals surface area contributed by atoms with E-state index in [9.17, 15) is 0 Å². The van der Waals surface area contributed by atoms with Crippen LogP contribution in [0.1, 0.15) is 29.7 Å². The van der Waals surface area contributed by atoms with Gasteiger partial charge in [0.05, 0.1) is 7.11 Å². The van der Waals surface area contributed by atoms with E-state index in [2.05, 4.69) is 53.5 Å². The number of piperazine rings is 1. The van der Waals surface area contributed by atoms with Crippen molar-refractivity contribution in [3.8, 4) is 5.75 Å². The third-order valence-electron chi connectivity index (χ3n) is 6.56. The summed E-state index contributed by atoms with van der Waals surface area (Å²) >= 11 is 0. The molecule has 0 saturated carbocycles. The van der Waals surface area contributed by atoms with Gasteiger partial charge in [0.25, 0.3) is 0 Å². The van der Waals surface area contributed by atoms with Crippen LogP contribution in [0.5, 0.6) is 5.75 Å². The highest BCUT2D eigenvalue weighted by Gasteiger charge is 2.32. The number of anilines is 1. The van der Waals surface area contributed by atoms with Crippen molar-refractivity contribution in [2.45, 2.75) is 25.7 Å². The zero-order valence-corrected chi connectivity index (χ0v) is 17.2. The largest absolute Gasteiger partial charge is 0.497 e. The van der Waals surface area contributed by atoms with E-state index in [4.69, 9.17) is 14.7 Å². The first kappa shape index (κ1) is 18.4. The zero-order chi connectivity index (χ0) is 19.8. The smallest absolute Gasteiger partial charge is 0.135 e. The van der Waals surface area contributed by atoms with Gasteiger partial charge in [0.1, 0.15) is 17.9 Å². The second-order valence-corrected chi connectivity index (χ2v) is 8.29. The highest BCUT2D eigenvalue weighted by atomic mass is 16.5. The third kappa shape index (κ3) is 3.33.